The van der Waals surface area contributed by atoms with Crippen molar-refractivity contribution in [1.29, 1.82) is 0 Å². The first-order chi connectivity index (χ1) is 8.77. The molecule has 3 nitrogen and oxygen atoms in total. The zero-order valence-electron chi connectivity index (χ0n) is 10.5. The molecule has 0 saturated heterocycles. The summed E-state index contributed by atoms with van der Waals surface area (Å²) in [6.07, 6.45) is 1.01. The second kappa shape index (κ2) is 9.03. The second-order valence-corrected chi connectivity index (χ2v) is 5.95. The minimum Gasteiger partial charge on any atom is -0.351 e. The SMILES string of the molecule is CCSCCCNC(=O)c1ccc(C#CCN)s1. The van der Waals surface area contributed by atoms with Gasteiger partial charge in [0.05, 0.1) is 16.3 Å². The maximum absolute atomic E-state index is 11.8. The summed E-state index contributed by atoms with van der Waals surface area (Å²) in [4.78, 5) is 13.4. The maximum atomic E-state index is 11.8. The van der Waals surface area contributed by atoms with E-state index in [1.165, 1.54) is 11.3 Å². The molecule has 1 rings (SSSR count). The molecule has 0 spiro atoms. The average molecular weight is 282 g/mol. The van der Waals surface area contributed by atoms with Crippen molar-refractivity contribution in [3.8, 4) is 11.8 Å². The first kappa shape index (κ1) is 15.1. The molecule has 1 heterocycles. The van der Waals surface area contributed by atoms with Crippen molar-refractivity contribution in [1.82, 2.24) is 5.32 Å². The molecule has 1 aromatic heterocycles. The van der Waals surface area contributed by atoms with Crippen LogP contribution in [-0.4, -0.2) is 30.5 Å². The Labute approximate surface area is 117 Å². The number of amides is 1. The van der Waals surface area contributed by atoms with E-state index in [4.69, 9.17) is 5.73 Å². The van der Waals surface area contributed by atoms with E-state index in [0.29, 0.717) is 11.4 Å². The van der Waals surface area contributed by atoms with Gasteiger partial charge in [0.2, 0.25) is 0 Å². The van der Waals surface area contributed by atoms with Gasteiger partial charge in [-0.05, 0) is 30.1 Å². The van der Waals surface area contributed by atoms with E-state index in [1.54, 1.807) is 6.07 Å². The van der Waals surface area contributed by atoms with Gasteiger partial charge in [-0.15, -0.1) is 11.3 Å². The Balaban J connectivity index is 2.35. The van der Waals surface area contributed by atoms with E-state index in [9.17, 15) is 4.79 Å². The largest absolute Gasteiger partial charge is 0.351 e. The quantitative estimate of drug-likeness (QED) is 0.619. The maximum Gasteiger partial charge on any atom is 0.261 e. The molecule has 1 amide bonds. The third-order valence-corrected chi connectivity index (χ3v) is 4.08. The molecule has 18 heavy (non-hydrogen) atoms. The lowest BCUT2D eigenvalue weighted by Crippen LogP contribution is -2.23. The molecular formula is C13H18N2OS2. The molecule has 0 fully saturated rings. The van der Waals surface area contributed by atoms with E-state index >= 15 is 0 Å². The number of hydrogen-bond acceptors (Lipinski definition) is 4. The molecule has 0 unspecified atom stereocenters. The van der Waals surface area contributed by atoms with Crippen LogP contribution < -0.4 is 11.1 Å². The minimum absolute atomic E-state index is 0.0118. The molecule has 0 aliphatic carbocycles. The summed E-state index contributed by atoms with van der Waals surface area (Å²) in [7, 11) is 0. The van der Waals surface area contributed by atoms with Crippen molar-refractivity contribution in [2.24, 2.45) is 5.73 Å². The number of nitrogens with two attached hydrogens (primary N) is 1. The van der Waals surface area contributed by atoms with Gasteiger partial charge in [-0.3, -0.25) is 4.79 Å². The van der Waals surface area contributed by atoms with Crippen molar-refractivity contribution in [2.45, 2.75) is 13.3 Å². The van der Waals surface area contributed by atoms with Crippen molar-refractivity contribution >= 4 is 29.0 Å². The normalized spacial score (nSPS) is 9.67. The molecule has 3 N–H and O–H groups in total. The molecule has 0 bridgehead atoms. The van der Waals surface area contributed by atoms with Crippen LogP contribution in [0, 0.1) is 11.8 Å². The first-order valence-electron chi connectivity index (χ1n) is 5.92. The van der Waals surface area contributed by atoms with Crippen molar-refractivity contribution in [3.63, 3.8) is 0 Å². The molecule has 0 atom stereocenters. The van der Waals surface area contributed by atoms with E-state index in [0.717, 1.165) is 29.3 Å². The number of carbonyl (C=O) groups excluding carboxylic acids is 1. The Morgan fingerprint density at radius 3 is 3.11 bits per heavy atom. The predicted molar refractivity (Wildman–Crippen MR) is 80.2 cm³/mol. The number of rotatable bonds is 6. The van der Waals surface area contributed by atoms with Gasteiger partial charge < -0.3 is 11.1 Å². The highest BCUT2D eigenvalue weighted by molar-refractivity contribution is 7.99. The Kier molecular flexibility index (Phi) is 7.58. The minimum atomic E-state index is -0.0118. The lowest BCUT2D eigenvalue weighted by Gasteiger charge is -2.02. The third kappa shape index (κ3) is 5.58. The second-order valence-electron chi connectivity index (χ2n) is 3.48. The highest BCUT2D eigenvalue weighted by atomic mass is 32.2. The molecule has 0 aromatic carbocycles. The third-order valence-electron chi connectivity index (χ3n) is 2.10. The Bertz CT molecular complexity index is 432. The van der Waals surface area contributed by atoms with E-state index < -0.39 is 0 Å². The van der Waals surface area contributed by atoms with Gasteiger partial charge in [0.1, 0.15) is 0 Å². The van der Waals surface area contributed by atoms with Gasteiger partial charge in [0.15, 0.2) is 0 Å². The van der Waals surface area contributed by atoms with Crippen LogP contribution in [0.25, 0.3) is 0 Å². The number of nitrogens with one attached hydrogen (secondary N) is 1. The van der Waals surface area contributed by atoms with Gasteiger partial charge in [-0.1, -0.05) is 18.8 Å². The highest BCUT2D eigenvalue weighted by Crippen LogP contribution is 2.15. The molecule has 5 heteroatoms. The fourth-order valence-electron chi connectivity index (χ4n) is 1.27. The Hall–Kier alpha value is -0.960. The zero-order chi connectivity index (χ0) is 13.2. The Morgan fingerprint density at radius 1 is 1.56 bits per heavy atom. The summed E-state index contributed by atoms with van der Waals surface area (Å²) < 4.78 is 0. The highest BCUT2D eigenvalue weighted by Gasteiger charge is 2.07. The zero-order valence-corrected chi connectivity index (χ0v) is 12.1. The van der Waals surface area contributed by atoms with Crippen LogP contribution in [0.3, 0.4) is 0 Å². The van der Waals surface area contributed by atoms with Crippen molar-refractivity contribution < 1.29 is 4.79 Å². The number of carbonyl (C=O) groups is 1. The van der Waals surface area contributed by atoms with Crippen molar-refractivity contribution in [3.05, 3.63) is 21.9 Å². The Morgan fingerprint density at radius 2 is 2.39 bits per heavy atom. The van der Waals surface area contributed by atoms with Gasteiger partial charge in [-0.2, -0.15) is 11.8 Å². The smallest absolute Gasteiger partial charge is 0.261 e. The summed E-state index contributed by atoms with van der Waals surface area (Å²) in [6, 6.07) is 3.66. The fourth-order valence-corrected chi connectivity index (χ4v) is 2.71. The summed E-state index contributed by atoms with van der Waals surface area (Å²) in [5.41, 5.74) is 5.30. The monoisotopic (exact) mass is 282 g/mol. The summed E-state index contributed by atoms with van der Waals surface area (Å²) in [5.74, 6) is 7.91. The van der Waals surface area contributed by atoms with Crippen LogP contribution in [0.5, 0.6) is 0 Å². The van der Waals surface area contributed by atoms with Crippen LogP contribution >= 0.6 is 23.1 Å². The van der Waals surface area contributed by atoms with E-state index in [2.05, 4.69) is 24.1 Å². The molecule has 0 aliphatic heterocycles. The molecule has 0 radical (unpaired) electrons. The van der Waals surface area contributed by atoms with Crippen LogP contribution in [0.2, 0.25) is 0 Å². The summed E-state index contributed by atoms with van der Waals surface area (Å²) >= 11 is 3.29. The van der Waals surface area contributed by atoms with E-state index in [1.807, 2.05) is 17.8 Å². The molecule has 0 saturated carbocycles. The standard InChI is InChI=1S/C13H18N2OS2/c1-2-17-10-4-9-15-13(16)12-7-6-11(18-12)5-3-8-14/h6-7H,2,4,8-10,14H2,1H3,(H,15,16). The number of hydrogen-bond donors (Lipinski definition) is 2. The molecule has 1 aromatic rings. The fraction of sp³-hybridized carbons (Fsp3) is 0.462. The van der Waals surface area contributed by atoms with E-state index in [-0.39, 0.29) is 5.91 Å². The predicted octanol–water partition coefficient (Wildman–Crippen LogP) is 1.93. The first-order valence-corrected chi connectivity index (χ1v) is 7.89. The molecular weight excluding hydrogens is 264 g/mol. The lowest BCUT2D eigenvalue weighted by molar-refractivity contribution is 0.0958. The molecule has 98 valence electrons. The topological polar surface area (TPSA) is 55.1 Å². The van der Waals surface area contributed by atoms with Crippen LogP contribution in [0.15, 0.2) is 12.1 Å². The van der Waals surface area contributed by atoms with Crippen LogP contribution in [0.1, 0.15) is 27.9 Å². The van der Waals surface area contributed by atoms with Crippen molar-refractivity contribution in [2.75, 3.05) is 24.6 Å². The van der Waals surface area contributed by atoms with Crippen LogP contribution in [-0.2, 0) is 0 Å². The van der Waals surface area contributed by atoms with Gasteiger partial charge in [0, 0.05) is 6.54 Å². The van der Waals surface area contributed by atoms with Gasteiger partial charge in [0.25, 0.3) is 5.91 Å². The average Bonchev–Trinajstić information content (AvgIpc) is 2.84. The summed E-state index contributed by atoms with van der Waals surface area (Å²) in [5, 5.41) is 2.91. The molecule has 0 aliphatic rings. The lowest BCUT2D eigenvalue weighted by atomic mass is 10.4. The number of thiophene rings is 1. The van der Waals surface area contributed by atoms with Crippen LogP contribution in [0.4, 0.5) is 0 Å². The van der Waals surface area contributed by atoms with Gasteiger partial charge in [-0.25, -0.2) is 0 Å². The van der Waals surface area contributed by atoms with Gasteiger partial charge >= 0.3 is 0 Å². The number of thioether (sulfide) groups is 1. The summed E-state index contributed by atoms with van der Waals surface area (Å²) in [6.45, 7) is 3.21.